The Morgan fingerprint density at radius 3 is 2.43 bits per heavy atom. The molecule has 1 saturated heterocycles. The van der Waals surface area contributed by atoms with Gasteiger partial charge in [-0.25, -0.2) is 13.2 Å². The smallest absolute Gasteiger partial charge is 0.256 e. The number of aliphatic hydroxyl groups is 1. The third-order valence-corrected chi connectivity index (χ3v) is 4.95. The van der Waals surface area contributed by atoms with Crippen LogP contribution in [0.2, 0.25) is 0 Å². The summed E-state index contributed by atoms with van der Waals surface area (Å²) in [7, 11) is 0. The number of amides is 1. The molecule has 1 fully saturated rings. The largest absolute Gasteiger partial charge is 0.385 e. The van der Waals surface area contributed by atoms with E-state index < -0.39 is 34.6 Å². The predicted octanol–water partition coefficient (Wildman–Crippen LogP) is 4.24. The van der Waals surface area contributed by atoms with Gasteiger partial charge in [0.2, 0.25) is 0 Å². The SMILES string of the molecule is CC.CSNCC1(O)CN(C(=O)c2ccc(F)c(F)c2Nc2ccc(C)cc2F)C1. The van der Waals surface area contributed by atoms with Crippen LogP contribution in [-0.2, 0) is 0 Å². The van der Waals surface area contributed by atoms with Crippen molar-refractivity contribution in [2.75, 3.05) is 31.2 Å². The zero-order valence-electron chi connectivity index (χ0n) is 17.4. The highest BCUT2D eigenvalue weighted by atomic mass is 32.2. The molecule has 0 spiro atoms. The Kier molecular flexibility index (Phi) is 8.17. The molecule has 2 aromatic carbocycles. The molecule has 9 heteroatoms. The lowest BCUT2D eigenvalue weighted by atomic mass is 9.93. The lowest BCUT2D eigenvalue weighted by molar-refractivity contribution is -0.0752. The number of anilines is 2. The van der Waals surface area contributed by atoms with Gasteiger partial charge >= 0.3 is 0 Å². The van der Waals surface area contributed by atoms with E-state index in [1.807, 2.05) is 20.1 Å². The van der Waals surface area contributed by atoms with E-state index in [4.69, 9.17) is 0 Å². The number of rotatable bonds is 6. The molecule has 2 aromatic rings. The first-order chi connectivity index (χ1) is 14.2. The maximum absolute atomic E-state index is 14.4. The molecule has 0 saturated carbocycles. The molecule has 3 N–H and O–H groups in total. The Balaban J connectivity index is 0.00000155. The molecule has 1 aliphatic heterocycles. The van der Waals surface area contributed by atoms with Gasteiger partial charge in [-0.05, 0) is 43.0 Å². The third-order valence-electron chi connectivity index (χ3n) is 4.51. The number of nitrogens with one attached hydrogen (secondary N) is 2. The minimum absolute atomic E-state index is 0.0523. The Bertz CT molecular complexity index is 905. The fraction of sp³-hybridized carbons (Fsp3) is 0.381. The van der Waals surface area contributed by atoms with Crippen LogP contribution in [-0.4, -0.2) is 47.4 Å². The van der Waals surface area contributed by atoms with E-state index in [0.29, 0.717) is 5.56 Å². The molecule has 0 aliphatic carbocycles. The highest BCUT2D eigenvalue weighted by Gasteiger charge is 2.44. The highest BCUT2D eigenvalue weighted by Crippen LogP contribution is 2.31. The molecule has 0 aromatic heterocycles. The van der Waals surface area contributed by atoms with Crippen LogP contribution in [0, 0.1) is 24.4 Å². The van der Waals surface area contributed by atoms with Crippen molar-refractivity contribution in [2.24, 2.45) is 0 Å². The monoisotopic (exact) mass is 441 g/mol. The van der Waals surface area contributed by atoms with Gasteiger partial charge < -0.3 is 15.3 Å². The van der Waals surface area contributed by atoms with Crippen molar-refractivity contribution in [3.63, 3.8) is 0 Å². The van der Waals surface area contributed by atoms with Crippen LogP contribution >= 0.6 is 11.9 Å². The summed E-state index contributed by atoms with van der Waals surface area (Å²) in [5.74, 6) is -3.66. The van der Waals surface area contributed by atoms with E-state index in [-0.39, 0.29) is 30.9 Å². The highest BCUT2D eigenvalue weighted by molar-refractivity contribution is 7.96. The minimum Gasteiger partial charge on any atom is -0.385 e. The fourth-order valence-corrected chi connectivity index (χ4v) is 3.42. The third kappa shape index (κ3) is 5.27. The van der Waals surface area contributed by atoms with Crippen molar-refractivity contribution < 1.29 is 23.1 Å². The number of aryl methyl sites for hydroxylation is 1. The van der Waals surface area contributed by atoms with Crippen molar-refractivity contribution in [1.29, 1.82) is 0 Å². The predicted molar refractivity (Wildman–Crippen MR) is 114 cm³/mol. The van der Waals surface area contributed by atoms with E-state index in [1.54, 1.807) is 13.0 Å². The maximum Gasteiger partial charge on any atom is 0.256 e. The minimum atomic E-state index is -1.27. The standard InChI is InChI=1S/C19H20F3N3O2S.C2H6/c1-11-3-6-15(14(21)7-11)24-17-12(4-5-13(20)16(17)22)18(26)25-9-19(27,10-25)8-23-28-2;1-2/h3-7,23-24,27H,8-10H2,1-2H3;1-2H3. The number of carbonyl (C=O) groups excluding carboxylic acids is 1. The summed E-state index contributed by atoms with van der Waals surface area (Å²) in [5, 5.41) is 12.8. The molecule has 0 radical (unpaired) electrons. The van der Waals surface area contributed by atoms with Crippen molar-refractivity contribution in [3.8, 4) is 0 Å². The lowest BCUT2D eigenvalue weighted by Gasteiger charge is -2.46. The summed E-state index contributed by atoms with van der Waals surface area (Å²) in [5.41, 5.74) is -1.07. The molecule has 0 bridgehead atoms. The number of benzene rings is 2. The topological polar surface area (TPSA) is 64.6 Å². The molecule has 0 atom stereocenters. The average molecular weight is 442 g/mol. The molecule has 30 heavy (non-hydrogen) atoms. The zero-order valence-corrected chi connectivity index (χ0v) is 18.2. The van der Waals surface area contributed by atoms with Crippen LogP contribution in [0.1, 0.15) is 29.8 Å². The van der Waals surface area contributed by atoms with Gasteiger partial charge in [-0.15, -0.1) is 0 Å². The number of halogens is 3. The van der Waals surface area contributed by atoms with Gasteiger partial charge in [0.15, 0.2) is 11.6 Å². The Morgan fingerprint density at radius 1 is 1.17 bits per heavy atom. The molecule has 1 amide bonds. The summed E-state index contributed by atoms with van der Waals surface area (Å²) in [6, 6.07) is 6.24. The molecular formula is C21H26F3N3O2S. The molecule has 3 rings (SSSR count). The normalized spacial score (nSPS) is 14.5. The fourth-order valence-electron chi connectivity index (χ4n) is 3.00. The van der Waals surface area contributed by atoms with Gasteiger partial charge in [0.05, 0.1) is 30.0 Å². The number of hydrogen-bond acceptors (Lipinski definition) is 5. The van der Waals surface area contributed by atoms with Crippen molar-refractivity contribution >= 4 is 29.2 Å². The van der Waals surface area contributed by atoms with Crippen molar-refractivity contribution in [2.45, 2.75) is 26.4 Å². The summed E-state index contributed by atoms with van der Waals surface area (Å²) in [6.07, 6.45) is 1.81. The second-order valence-corrected chi connectivity index (χ2v) is 7.50. The number of likely N-dealkylation sites (tertiary alicyclic amines) is 1. The number of β-amino-alcohol motifs (C(OH)–C–C–N with tert-alkyl or cyclic N) is 1. The summed E-state index contributed by atoms with van der Waals surface area (Å²) < 4.78 is 45.3. The van der Waals surface area contributed by atoms with Gasteiger partial charge in [-0.2, -0.15) is 0 Å². The molecule has 5 nitrogen and oxygen atoms in total. The molecule has 1 aliphatic rings. The first-order valence-electron chi connectivity index (χ1n) is 9.53. The quantitative estimate of drug-likeness (QED) is 0.586. The summed E-state index contributed by atoms with van der Waals surface area (Å²) in [4.78, 5) is 14.1. The van der Waals surface area contributed by atoms with Crippen molar-refractivity contribution in [3.05, 3.63) is 58.9 Å². The van der Waals surface area contributed by atoms with Crippen LogP contribution in [0.4, 0.5) is 24.5 Å². The van der Waals surface area contributed by atoms with E-state index in [0.717, 1.165) is 12.1 Å². The first kappa shape index (κ1) is 24.0. The van der Waals surface area contributed by atoms with Crippen LogP contribution in [0.25, 0.3) is 0 Å². The Labute approximate surface area is 178 Å². The van der Waals surface area contributed by atoms with Gasteiger partial charge in [0.1, 0.15) is 11.4 Å². The van der Waals surface area contributed by atoms with Gasteiger partial charge in [0, 0.05) is 6.54 Å². The van der Waals surface area contributed by atoms with Gasteiger partial charge in [0.25, 0.3) is 5.91 Å². The number of carbonyl (C=O) groups is 1. The average Bonchev–Trinajstić information content (AvgIpc) is 2.70. The van der Waals surface area contributed by atoms with Crippen LogP contribution in [0.5, 0.6) is 0 Å². The van der Waals surface area contributed by atoms with E-state index in [9.17, 15) is 23.1 Å². The van der Waals surface area contributed by atoms with Gasteiger partial charge in [-0.1, -0.05) is 31.9 Å². The second-order valence-electron chi connectivity index (χ2n) is 6.80. The van der Waals surface area contributed by atoms with Crippen LogP contribution < -0.4 is 10.0 Å². The van der Waals surface area contributed by atoms with E-state index in [1.165, 1.54) is 29.0 Å². The summed E-state index contributed by atoms with van der Waals surface area (Å²) >= 11 is 1.34. The van der Waals surface area contributed by atoms with E-state index >= 15 is 0 Å². The second kappa shape index (κ2) is 10.2. The molecule has 1 heterocycles. The zero-order chi connectivity index (χ0) is 22.5. The van der Waals surface area contributed by atoms with Crippen LogP contribution in [0.3, 0.4) is 0 Å². The summed E-state index contributed by atoms with van der Waals surface area (Å²) in [6.45, 7) is 6.09. The van der Waals surface area contributed by atoms with Crippen molar-refractivity contribution in [1.82, 2.24) is 9.62 Å². The van der Waals surface area contributed by atoms with E-state index in [2.05, 4.69) is 10.0 Å². The number of hydrogen-bond donors (Lipinski definition) is 3. The Hall–Kier alpha value is -2.23. The van der Waals surface area contributed by atoms with Gasteiger partial charge in [-0.3, -0.25) is 9.52 Å². The maximum atomic E-state index is 14.4. The molecular weight excluding hydrogens is 415 g/mol. The first-order valence-corrected chi connectivity index (χ1v) is 10.8. The lowest BCUT2D eigenvalue weighted by Crippen LogP contribution is -2.66. The Morgan fingerprint density at radius 2 is 1.83 bits per heavy atom. The molecule has 0 unspecified atom stereocenters. The number of nitrogens with zero attached hydrogens (tertiary/aromatic N) is 1. The molecule has 164 valence electrons. The van der Waals surface area contributed by atoms with Crippen LogP contribution in [0.15, 0.2) is 30.3 Å².